The van der Waals surface area contributed by atoms with E-state index in [0.717, 1.165) is 10.6 Å². The third-order valence-electron chi connectivity index (χ3n) is 4.58. The summed E-state index contributed by atoms with van der Waals surface area (Å²) in [5.74, 6) is -2.14. The van der Waals surface area contributed by atoms with Crippen molar-refractivity contribution in [2.75, 3.05) is 13.2 Å². The third-order valence-corrected chi connectivity index (χ3v) is 4.83. The quantitative estimate of drug-likeness (QED) is 0.464. The van der Waals surface area contributed by atoms with E-state index in [0.29, 0.717) is 29.4 Å². The molecule has 3 aromatic rings. The normalized spacial score (nSPS) is 14.5. The molecule has 2 aromatic carbocycles. The fraction of sp³-hybridized carbons (Fsp3) is 0.286. The third kappa shape index (κ3) is 5.88. The Hall–Kier alpha value is -2.99. The van der Waals surface area contributed by atoms with Crippen molar-refractivity contribution in [3.63, 3.8) is 0 Å². The van der Waals surface area contributed by atoms with Gasteiger partial charge in [0.1, 0.15) is 6.61 Å². The minimum Gasteiger partial charge on any atom is -0.342 e. The van der Waals surface area contributed by atoms with Crippen molar-refractivity contribution in [1.82, 2.24) is 15.2 Å². The summed E-state index contributed by atoms with van der Waals surface area (Å²) in [5, 5.41) is 5.05. The van der Waals surface area contributed by atoms with E-state index in [1.807, 2.05) is 0 Å². The Morgan fingerprint density at radius 2 is 1.70 bits per heavy atom. The molecule has 174 valence electrons. The number of carbonyl (C=O) groups is 1. The maximum Gasteiger partial charge on any atom is 0.471 e. The molecule has 1 amide bonds. The summed E-state index contributed by atoms with van der Waals surface area (Å²) in [6.07, 6.45) is -5.80. The van der Waals surface area contributed by atoms with E-state index in [1.165, 1.54) is 12.1 Å². The van der Waals surface area contributed by atoms with Crippen LogP contribution in [0.3, 0.4) is 0 Å². The Bertz CT molecular complexity index is 1080. The zero-order valence-electron chi connectivity index (χ0n) is 16.9. The summed E-state index contributed by atoms with van der Waals surface area (Å²) in [5.41, 5.74) is 1.75. The lowest BCUT2D eigenvalue weighted by molar-refractivity contribution is -0.216. The smallest absolute Gasteiger partial charge is 0.342 e. The lowest BCUT2D eigenvalue weighted by Gasteiger charge is -2.24. The standard InChI is InChI=1S/C21H17ClF3N3O5/c22-16-7-3-14(4-8-16)12-32-28(18(29)19-30-9-10-31-19)11-13-1-5-15(6-2-13)17-26-20(33-27-17)21(23,24)25/h1-8,19H,9-12H2. The molecule has 0 spiro atoms. The molecular weight excluding hydrogens is 467 g/mol. The largest absolute Gasteiger partial charge is 0.471 e. The number of amides is 1. The van der Waals surface area contributed by atoms with Crippen LogP contribution in [0, 0.1) is 0 Å². The van der Waals surface area contributed by atoms with E-state index >= 15 is 0 Å². The van der Waals surface area contributed by atoms with Gasteiger partial charge in [-0.05, 0) is 23.3 Å². The number of alkyl halides is 3. The van der Waals surface area contributed by atoms with Crippen LogP contribution in [0.15, 0.2) is 53.1 Å². The zero-order chi connectivity index (χ0) is 23.4. The van der Waals surface area contributed by atoms with Gasteiger partial charge in [0.05, 0.1) is 19.8 Å². The van der Waals surface area contributed by atoms with E-state index in [-0.39, 0.29) is 19.0 Å². The van der Waals surface area contributed by atoms with Gasteiger partial charge in [-0.25, -0.2) is 5.06 Å². The highest BCUT2D eigenvalue weighted by atomic mass is 35.5. The molecular formula is C21H17ClF3N3O5. The Morgan fingerprint density at radius 3 is 2.30 bits per heavy atom. The highest BCUT2D eigenvalue weighted by Gasteiger charge is 2.38. The van der Waals surface area contributed by atoms with Gasteiger partial charge >= 0.3 is 18.0 Å². The topological polar surface area (TPSA) is 86.9 Å². The molecule has 8 nitrogen and oxygen atoms in total. The molecule has 1 aromatic heterocycles. The number of aromatic nitrogens is 2. The van der Waals surface area contributed by atoms with Gasteiger partial charge < -0.3 is 14.0 Å². The summed E-state index contributed by atoms with van der Waals surface area (Å²) in [6, 6.07) is 13.2. The predicted molar refractivity (Wildman–Crippen MR) is 107 cm³/mol. The molecule has 12 heteroatoms. The van der Waals surface area contributed by atoms with Crippen LogP contribution in [0.25, 0.3) is 11.4 Å². The summed E-state index contributed by atoms with van der Waals surface area (Å²) in [4.78, 5) is 21.9. The van der Waals surface area contributed by atoms with Gasteiger partial charge in [-0.3, -0.25) is 9.63 Å². The van der Waals surface area contributed by atoms with Crippen LogP contribution >= 0.6 is 11.6 Å². The van der Waals surface area contributed by atoms with Gasteiger partial charge in [0.2, 0.25) is 12.1 Å². The van der Waals surface area contributed by atoms with Gasteiger partial charge in [-0.15, -0.1) is 0 Å². The molecule has 1 aliphatic rings. The van der Waals surface area contributed by atoms with Crippen molar-refractivity contribution in [2.24, 2.45) is 0 Å². The average molecular weight is 484 g/mol. The number of benzene rings is 2. The molecule has 0 radical (unpaired) electrons. The second kappa shape index (κ2) is 9.87. The van der Waals surface area contributed by atoms with Crippen molar-refractivity contribution < 1.29 is 36.8 Å². The van der Waals surface area contributed by atoms with Gasteiger partial charge in [-0.2, -0.15) is 18.2 Å². The number of nitrogens with zero attached hydrogens (tertiary/aromatic N) is 3. The number of ether oxygens (including phenoxy) is 2. The molecule has 1 aliphatic heterocycles. The number of hydrogen-bond donors (Lipinski definition) is 0. The summed E-state index contributed by atoms with van der Waals surface area (Å²) < 4.78 is 52.8. The van der Waals surface area contributed by atoms with Crippen LogP contribution in [-0.2, 0) is 38.4 Å². The fourth-order valence-electron chi connectivity index (χ4n) is 2.92. The maximum absolute atomic E-state index is 12.8. The predicted octanol–water partition coefficient (Wildman–Crippen LogP) is 4.24. The molecule has 2 heterocycles. The van der Waals surface area contributed by atoms with Crippen molar-refractivity contribution in [3.05, 3.63) is 70.6 Å². The molecule has 0 unspecified atom stereocenters. The van der Waals surface area contributed by atoms with Gasteiger partial charge in [0.25, 0.3) is 0 Å². The number of rotatable bonds is 7. The van der Waals surface area contributed by atoms with Crippen LogP contribution in [-0.4, -0.2) is 40.6 Å². The molecule has 33 heavy (non-hydrogen) atoms. The van der Waals surface area contributed by atoms with Crippen molar-refractivity contribution in [3.8, 4) is 11.4 Å². The molecule has 4 rings (SSSR count). The monoisotopic (exact) mass is 483 g/mol. The molecule has 0 atom stereocenters. The molecule has 0 N–H and O–H groups in total. The maximum atomic E-state index is 12.8. The van der Waals surface area contributed by atoms with Crippen LogP contribution in [0.5, 0.6) is 0 Å². The Labute approximate surface area is 190 Å². The number of halogens is 4. The first-order valence-corrected chi connectivity index (χ1v) is 10.1. The lowest BCUT2D eigenvalue weighted by atomic mass is 10.1. The van der Waals surface area contributed by atoms with Crippen molar-refractivity contribution in [2.45, 2.75) is 25.6 Å². The second-order valence-electron chi connectivity index (χ2n) is 6.97. The number of hydroxylamine groups is 2. The van der Waals surface area contributed by atoms with E-state index in [9.17, 15) is 18.0 Å². The SMILES string of the molecule is O=C(C1OCCO1)N(Cc1ccc(-c2noc(C(F)(F)F)n2)cc1)OCc1ccc(Cl)cc1. The highest BCUT2D eigenvalue weighted by molar-refractivity contribution is 6.30. The summed E-state index contributed by atoms with van der Waals surface area (Å²) >= 11 is 5.89. The first-order chi connectivity index (χ1) is 15.8. The minimum atomic E-state index is -4.72. The fourth-order valence-corrected chi connectivity index (χ4v) is 3.05. The van der Waals surface area contributed by atoms with E-state index in [4.69, 9.17) is 25.9 Å². The van der Waals surface area contributed by atoms with Crippen LogP contribution < -0.4 is 0 Å². The highest BCUT2D eigenvalue weighted by Crippen LogP contribution is 2.29. The Morgan fingerprint density at radius 1 is 1.06 bits per heavy atom. The Kier molecular flexibility index (Phi) is 6.94. The minimum absolute atomic E-state index is 0.0377. The van der Waals surface area contributed by atoms with E-state index < -0.39 is 24.3 Å². The van der Waals surface area contributed by atoms with Gasteiger partial charge in [0, 0.05) is 10.6 Å². The first-order valence-electron chi connectivity index (χ1n) is 9.72. The van der Waals surface area contributed by atoms with E-state index in [1.54, 1.807) is 36.4 Å². The zero-order valence-corrected chi connectivity index (χ0v) is 17.7. The molecule has 1 fully saturated rings. The summed E-state index contributed by atoms with van der Waals surface area (Å²) in [6.45, 7) is 0.717. The number of carbonyl (C=O) groups excluding carboxylic acids is 1. The van der Waals surface area contributed by atoms with E-state index in [2.05, 4.69) is 14.7 Å². The molecule has 0 aliphatic carbocycles. The van der Waals surface area contributed by atoms with Crippen LogP contribution in [0.4, 0.5) is 13.2 Å². The first kappa shape index (κ1) is 23.2. The van der Waals surface area contributed by atoms with Crippen LogP contribution in [0.1, 0.15) is 17.0 Å². The molecule has 1 saturated heterocycles. The van der Waals surface area contributed by atoms with Gasteiger partial charge in [-0.1, -0.05) is 53.2 Å². The second-order valence-corrected chi connectivity index (χ2v) is 7.40. The van der Waals surface area contributed by atoms with Crippen molar-refractivity contribution in [1.29, 1.82) is 0 Å². The Balaban J connectivity index is 1.47. The van der Waals surface area contributed by atoms with Gasteiger partial charge in [0.15, 0.2) is 0 Å². The molecule has 0 bridgehead atoms. The lowest BCUT2D eigenvalue weighted by Crippen LogP contribution is -2.39. The van der Waals surface area contributed by atoms with Crippen LogP contribution in [0.2, 0.25) is 5.02 Å². The average Bonchev–Trinajstić information content (AvgIpc) is 3.50. The number of hydrogen-bond acceptors (Lipinski definition) is 7. The molecule has 0 saturated carbocycles. The summed E-state index contributed by atoms with van der Waals surface area (Å²) in [7, 11) is 0. The van der Waals surface area contributed by atoms with Crippen molar-refractivity contribution >= 4 is 17.5 Å².